The number of piperidine rings is 1. The summed E-state index contributed by atoms with van der Waals surface area (Å²) in [5, 5.41) is 0. The van der Waals surface area contributed by atoms with Crippen LogP contribution in [0.5, 0.6) is 0 Å². The van der Waals surface area contributed by atoms with Gasteiger partial charge in [0.2, 0.25) is 0 Å². The van der Waals surface area contributed by atoms with Gasteiger partial charge in [0.25, 0.3) is 0 Å². The van der Waals surface area contributed by atoms with Gasteiger partial charge in [-0.2, -0.15) is 0 Å². The second-order valence-electron chi connectivity index (χ2n) is 5.21. The van der Waals surface area contributed by atoms with E-state index in [1.54, 1.807) is 0 Å². The second-order valence-corrected chi connectivity index (χ2v) is 5.21. The Kier molecular flexibility index (Phi) is 2.85. The first-order valence-corrected chi connectivity index (χ1v) is 6.01. The van der Waals surface area contributed by atoms with E-state index in [0.717, 1.165) is 5.92 Å². The Labute approximate surface area is 87.6 Å². The number of rotatable bonds is 3. The van der Waals surface area contributed by atoms with Crippen LogP contribution >= 0.6 is 0 Å². The molecule has 0 bridgehead atoms. The zero-order chi connectivity index (χ0) is 10.2. The van der Waals surface area contributed by atoms with Gasteiger partial charge in [0.15, 0.2) is 0 Å². The van der Waals surface area contributed by atoms with E-state index in [4.69, 9.17) is 4.74 Å². The van der Waals surface area contributed by atoms with Crippen LogP contribution in [0.15, 0.2) is 0 Å². The van der Waals surface area contributed by atoms with Crippen molar-refractivity contribution in [3.63, 3.8) is 0 Å². The van der Waals surface area contributed by atoms with Gasteiger partial charge >= 0.3 is 0 Å². The Bertz CT molecular complexity index is 196. The topological polar surface area (TPSA) is 12.5 Å². The van der Waals surface area contributed by atoms with E-state index in [-0.39, 0.29) is 5.60 Å². The smallest absolute Gasteiger partial charge is 0.0708 e. The van der Waals surface area contributed by atoms with Gasteiger partial charge in [0.1, 0.15) is 0 Å². The summed E-state index contributed by atoms with van der Waals surface area (Å²) in [6.07, 6.45) is 5.51. The summed E-state index contributed by atoms with van der Waals surface area (Å²) in [5.41, 5.74) is 0.224. The molecule has 0 aromatic rings. The van der Waals surface area contributed by atoms with E-state index in [1.807, 2.05) is 0 Å². The van der Waals surface area contributed by atoms with E-state index >= 15 is 0 Å². The van der Waals surface area contributed by atoms with Crippen LogP contribution in [-0.2, 0) is 4.74 Å². The van der Waals surface area contributed by atoms with E-state index < -0.39 is 0 Å². The molecule has 1 saturated carbocycles. The van der Waals surface area contributed by atoms with Crippen LogP contribution in [0.25, 0.3) is 0 Å². The molecule has 0 N–H and O–H groups in total. The maximum Gasteiger partial charge on any atom is 0.0708 e. The van der Waals surface area contributed by atoms with Crippen molar-refractivity contribution in [2.24, 2.45) is 5.92 Å². The van der Waals surface area contributed by atoms with Crippen LogP contribution in [0.3, 0.4) is 0 Å². The Hall–Kier alpha value is -0.0800. The van der Waals surface area contributed by atoms with Gasteiger partial charge < -0.3 is 9.64 Å². The third kappa shape index (κ3) is 2.12. The molecule has 1 aliphatic heterocycles. The molecule has 2 nitrogen and oxygen atoms in total. The van der Waals surface area contributed by atoms with Gasteiger partial charge in [-0.25, -0.2) is 0 Å². The van der Waals surface area contributed by atoms with E-state index in [1.165, 1.54) is 38.8 Å². The zero-order valence-electron chi connectivity index (χ0n) is 9.75. The molecule has 2 atom stereocenters. The van der Waals surface area contributed by atoms with E-state index in [2.05, 4.69) is 25.8 Å². The van der Waals surface area contributed by atoms with Crippen molar-refractivity contribution in [3.8, 4) is 0 Å². The maximum absolute atomic E-state index is 6.27. The molecule has 2 fully saturated rings. The van der Waals surface area contributed by atoms with Crippen molar-refractivity contribution < 1.29 is 4.74 Å². The van der Waals surface area contributed by atoms with Crippen molar-refractivity contribution in [2.75, 3.05) is 20.1 Å². The molecular formula is C12H23NO. The first kappa shape index (κ1) is 10.4. The first-order chi connectivity index (χ1) is 6.65. The third-order valence-electron chi connectivity index (χ3n) is 3.98. The molecule has 2 heteroatoms. The Balaban J connectivity index is 1.89. The molecule has 1 heterocycles. The molecule has 0 amide bonds. The average Bonchev–Trinajstić information content (AvgIpc) is 2.86. The fourth-order valence-electron chi connectivity index (χ4n) is 2.35. The van der Waals surface area contributed by atoms with Gasteiger partial charge in [0, 0.05) is 13.1 Å². The van der Waals surface area contributed by atoms with Gasteiger partial charge in [-0.3, -0.25) is 0 Å². The Morgan fingerprint density at radius 3 is 2.36 bits per heavy atom. The number of hydrogen-bond acceptors (Lipinski definition) is 2. The molecule has 2 aliphatic rings. The van der Waals surface area contributed by atoms with Gasteiger partial charge in [0.05, 0.1) is 11.7 Å². The molecule has 82 valence electrons. The van der Waals surface area contributed by atoms with Crippen molar-refractivity contribution in [1.29, 1.82) is 0 Å². The monoisotopic (exact) mass is 197 g/mol. The lowest BCUT2D eigenvalue weighted by Gasteiger charge is -2.40. The van der Waals surface area contributed by atoms with E-state index in [9.17, 15) is 0 Å². The Morgan fingerprint density at radius 2 is 1.93 bits per heavy atom. The standard InChI is InChI=1S/C12H23NO/c1-4-12(14-11-9-10(11)2)5-7-13(3)8-6-12/h10-11H,4-9H2,1-3H3. The van der Waals surface area contributed by atoms with Crippen molar-refractivity contribution in [3.05, 3.63) is 0 Å². The van der Waals surface area contributed by atoms with Crippen LogP contribution in [0.4, 0.5) is 0 Å². The minimum atomic E-state index is 0.224. The Morgan fingerprint density at radius 1 is 1.36 bits per heavy atom. The molecular weight excluding hydrogens is 174 g/mol. The largest absolute Gasteiger partial charge is 0.371 e. The van der Waals surface area contributed by atoms with Gasteiger partial charge in [-0.1, -0.05) is 13.8 Å². The highest BCUT2D eigenvalue weighted by Gasteiger charge is 2.42. The molecule has 2 unspecified atom stereocenters. The van der Waals surface area contributed by atoms with Crippen LogP contribution in [0.1, 0.15) is 39.5 Å². The highest BCUT2D eigenvalue weighted by atomic mass is 16.5. The number of nitrogens with zero attached hydrogens (tertiary/aromatic N) is 1. The van der Waals surface area contributed by atoms with Crippen LogP contribution in [0, 0.1) is 5.92 Å². The van der Waals surface area contributed by atoms with Gasteiger partial charge in [-0.15, -0.1) is 0 Å². The fourth-order valence-corrected chi connectivity index (χ4v) is 2.35. The predicted octanol–water partition coefficient (Wildman–Crippen LogP) is 2.29. The summed E-state index contributed by atoms with van der Waals surface area (Å²) >= 11 is 0. The molecule has 0 aromatic heterocycles. The molecule has 14 heavy (non-hydrogen) atoms. The highest BCUT2D eigenvalue weighted by molar-refractivity contribution is 4.92. The van der Waals surface area contributed by atoms with Crippen LogP contribution in [-0.4, -0.2) is 36.7 Å². The average molecular weight is 197 g/mol. The maximum atomic E-state index is 6.27. The lowest BCUT2D eigenvalue weighted by molar-refractivity contribution is -0.0962. The molecule has 1 saturated heterocycles. The zero-order valence-corrected chi connectivity index (χ0v) is 9.75. The van der Waals surface area contributed by atoms with Crippen molar-refractivity contribution in [2.45, 2.75) is 51.2 Å². The molecule has 1 aliphatic carbocycles. The molecule has 0 aromatic carbocycles. The minimum Gasteiger partial charge on any atom is -0.371 e. The SMILES string of the molecule is CCC1(OC2CC2C)CCN(C)CC1. The number of likely N-dealkylation sites (tertiary alicyclic amines) is 1. The van der Waals surface area contributed by atoms with Gasteiger partial charge in [-0.05, 0) is 38.6 Å². The summed E-state index contributed by atoms with van der Waals surface area (Å²) in [4.78, 5) is 2.41. The normalized spacial score (nSPS) is 37.1. The molecule has 0 spiro atoms. The van der Waals surface area contributed by atoms with Crippen LogP contribution < -0.4 is 0 Å². The quantitative estimate of drug-likeness (QED) is 0.688. The van der Waals surface area contributed by atoms with Crippen molar-refractivity contribution in [1.82, 2.24) is 4.90 Å². The summed E-state index contributed by atoms with van der Waals surface area (Å²) in [6, 6.07) is 0. The summed E-state index contributed by atoms with van der Waals surface area (Å²) < 4.78 is 6.27. The third-order valence-corrected chi connectivity index (χ3v) is 3.98. The second kappa shape index (κ2) is 3.82. The lowest BCUT2D eigenvalue weighted by atomic mass is 9.89. The number of ether oxygens (including phenoxy) is 1. The first-order valence-electron chi connectivity index (χ1n) is 6.01. The molecule has 0 radical (unpaired) electrons. The number of hydrogen-bond donors (Lipinski definition) is 0. The highest BCUT2D eigenvalue weighted by Crippen LogP contribution is 2.40. The molecule has 2 rings (SSSR count). The van der Waals surface area contributed by atoms with Crippen LogP contribution in [0.2, 0.25) is 0 Å². The van der Waals surface area contributed by atoms with E-state index in [0.29, 0.717) is 6.10 Å². The fraction of sp³-hybridized carbons (Fsp3) is 1.00. The summed E-state index contributed by atoms with van der Waals surface area (Å²) in [5.74, 6) is 0.818. The minimum absolute atomic E-state index is 0.224. The summed E-state index contributed by atoms with van der Waals surface area (Å²) in [6.45, 7) is 6.98. The van der Waals surface area contributed by atoms with Crippen molar-refractivity contribution >= 4 is 0 Å². The lowest BCUT2D eigenvalue weighted by Crippen LogP contribution is -2.44. The predicted molar refractivity (Wildman–Crippen MR) is 58.4 cm³/mol. The summed E-state index contributed by atoms with van der Waals surface area (Å²) in [7, 11) is 2.21.